The Labute approximate surface area is 160 Å². The molecule has 2 aromatic rings. The lowest BCUT2D eigenvalue weighted by atomic mass is 9.64. The molecule has 0 saturated heterocycles. The largest absolute Gasteiger partial charge is 0.494 e. The smallest absolute Gasteiger partial charge is 0.235 e. The molecule has 0 atom stereocenters. The Morgan fingerprint density at radius 1 is 1.11 bits per heavy atom. The molecule has 0 heterocycles. The highest BCUT2D eigenvalue weighted by atomic mass is 19.1. The fraction of sp³-hybridized carbons (Fsp3) is 0.409. The van der Waals surface area contributed by atoms with Crippen molar-refractivity contribution in [2.24, 2.45) is 0 Å². The second-order valence-corrected chi connectivity index (χ2v) is 7.43. The molecule has 5 heteroatoms. The third-order valence-electron chi connectivity index (χ3n) is 5.17. The van der Waals surface area contributed by atoms with Crippen LogP contribution in [0.15, 0.2) is 48.5 Å². The Morgan fingerprint density at radius 2 is 1.78 bits per heavy atom. The summed E-state index contributed by atoms with van der Waals surface area (Å²) in [6, 6.07) is 13.7. The van der Waals surface area contributed by atoms with Gasteiger partial charge in [-0.1, -0.05) is 18.6 Å². The van der Waals surface area contributed by atoms with Crippen molar-refractivity contribution < 1.29 is 13.9 Å². The maximum absolute atomic E-state index is 13.2. The lowest BCUT2D eigenvalue weighted by Gasteiger charge is -2.40. The first kappa shape index (κ1) is 19.4. The first-order valence-electron chi connectivity index (χ1n) is 9.45. The third-order valence-corrected chi connectivity index (χ3v) is 5.17. The number of nitrogens with zero attached hydrogens (tertiary/aromatic N) is 1. The molecule has 0 unspecified atom stereocenters. The molecule has 1 N–H and O–H groups in total. The summed E-state index contributed by atoms with van der Waals surface area (Å²) in [7, 11) is 4.08. The van der Waals surface area contributed by atoms with E-state index in [1.54, 1.807) is 12.1 Å². The molecule has 27 heavy (non-hydrogen) atoms. The van der Waals surface area contributed by atoms with E-state index in [0.29, 0.717) is 6.61 Å². The van der Waals surface area contributed by atoms with Gasteiger partial charge in [0.05, 0.1) is 12.0 Å². The Kier molecular flexibility index (Phi) is 6.11. The molecular formula is C22H27FN2O2. The minimum Gasteiger partial charge on any atom is -0.494 e. The molecule has 1 aliphatic carbocycles. The van der Waals surface area contributed by atoms with Gasteiger partial charge in [-0.3, -0.25) is 4.79 Å². The van der Waals surface area contributed by atoms with Gasteiger partial charge in [-0.2, -0.15) is 0 Å². The molecule has 144 valence electrons. The van der Waals surface area contributed by atoms with Gasteiger partial charge in [-0.05, 0) is 75.3 Å². The fourth-order valence-corrected chi connectivity index (χ4v) is 3.40. The van der Waals surface area contributed by atoms with Crippen LogP contribution in [0.25, 0.3) is 0 Å². The van der Waals surface area contributed by atoms with Crippen LogP contribution in [0.3, 0.4) is 0 Å². The molecule has 3 rings (SSSR count). The van der Waals surface area contributed by atoms with Crippen molar-refractivity contribution in [1.29, 1.82) is 0 Å². The first-order valence-corrected chi connectivity index (χ1v) is 9.45. The van der Waals surface area contributed by atoms with Crippen LogP contribution in [-0.2, 0) is 10.2 Å². The fourth-order valence-electron chi connectivity index (χ4n) is 3.40. The number of halogens is 1. The number of benzene rings is 2. The summed E-state index contributed by atoms with van der Waals surface area (Å²) in [5, 5.41) is 3.01. The van der Waals surface area contributed by atoms with E-state index >= 15 is 0 Å². The summed E-state index contributed by atoms with van der Waals surface area (Å²) in [6.45, 7) is 1.65. The number of amides is 1. The van der Waals surface area contributed by atoms with Crippen LogP contribution < -0.4 is 10.1 Å². The van der Waals surface area contributed by atoms with E-state index in [4.69, 9.17) is 4.74 Å². The van der Waals surface area contributed by atoms with Crippen LogP contribution in [-0.4, -0.2) is 38.1 Å². The molecule has 1 amide bonds. The zero-order valence-electron chi connectivity index (χ0n) is 16.0. The number of nitrogens with one attached hydrogen (secondary N) is 1. The Bertz CT molecular complexity index is 753. The number of hydrogen-bond acceptors (Lipinski definition) is 3. The molecule has 0 spiro atoms. The topological polar surface area (TPSA) is 41.6 Å². The van der Waals surface area contributed by atoms with E-state index in [2.05, 4.69) is 10.2 Å². The Balaban J connectivity index is 1.59. The van der Waals surface area contributed by atoms with Crippen molar-refractivity contribution in [2.75, 3.05) is 32.6 Å². The van der Waals surface area contributed by atoms with Crippen LogP contribution in [0.5, 0.6) is 5.75 Å². The molecule has 1 saturated carbocycles. The lowest BCUT2D eigenvalue weighted by Crippen LogP contribution is -2.46. The summed E-state index contributed by atoms with van der Waals surface area (Å²) < 4.78 is 18.9. The van der Waals surface area contributed by atoms with Gasteiger partial charge in [-0.15, -0.1) is 0 Å². The second-order valence-electron chi connectivity index (χ2n) is 7.43. The summed E-state index contributed by atoms with van der Waals surface area (Å²) in [4.78, 5) is 15.0. The van der Waals surface area contributed by atoms with Crippen molar-refractivity contribution in [3.8, 4) is 5.75 Å². The normalized spacial score (nSPS) is 15.3. The van der Waals surface area contributed by atoms with Gasteiger partial charge >= 0.3 is 0 Å². The van der Waals surface area contributed by atoms with Gasteiger partial charge in [0.15, 0.2) is 0 Å². The summed E-state index contributed by atoms with van der Waals surface area (Å²) in [6.07, 6.45) is 3.55. The van der Waals surface area contributed by atoms with Crippen LogP contribution in [0, 0.1) is 5.82 Å². The Morgan fingerprint density at radius 3 is 2.33 bits per heavy atom. The van der Waals surface area contributed by atoms with Gasteiger partial charge in [0.2, 0.25) is 5.91 Å². The van der Waals surface area contributed by atoms with E-state index in [0.717, 1.165) is 49.2 Å². The maximum atomic E-state index is 13.2. The predicted molar refractivity (Wildman–Crippen MR) is 106 cm³/mol. The SMILES string of the molecule is CN(C)CCCOc1ccc(NC(=O)C2(c3ccc(F)cc3)CCC2)cc1. The van der Waals surface area contributed by atoms with Crippen LogP contribution in [0.4, 0.5) is 10.1 Å². The van der Waals surface area contributed by atoms with Crippen molar-refractivity contribution in [3.63, 3.8) is 0 Å². The molecule has 1 aliphatic rings. The standard InChI is InChI=1S/C22H27FN2O2/c1-25(2)15-4-16-27-20-11-9-19(10-12-20)24-21(26)22(13-3-14-22)17-5-7-18(23)8-6-17/h5-12H,3-4,13-16H2,1-2H3,(H,24,26). The molecule has 0 aliphatic heterocycles. The highest BCUT2D eigenvalue weighted by Crippen LogP contribution is 2.44. The molecule has 0 aromatic heterocycles. The highest BCUT2D eigenvalue weighted by molar-refractivity contribution is 5.99. The van der Waals surface area contributed by atoms with Crippen molar-refractivity contribution >= 4 is 11.6 Å². The predicted octanol–water partition coefficient (Wildman–Crippen LogP) is 4.22. The maximum Gasteiger partial charge on any atom is 0.235 e. The Hall–Kier alpha value is -2.40. The first-order chi connectivity index (χ1) is 13.0. The number of carbonyl (C=O) groups is 1. The average Bonchev–Trinajstić information content (AvgIpc) is 2.60. The third kappa shape index (κ3) is 4.66. The van der Waals surface area contributed by atoms with Gasteiger partial charge in [0.1, 0.15) is 11.6 Å². The van der Waals surface area contributed by atoms with E-state index in [-0.39, 0.29) is 11.7 Å². The molecule has 0 radical (unpaired) electrons. The van der Waals surface area contributed by atoms with Gasteiger partial charge in [0.25, 0.3) is 0 Å². The van der Waals surface area contributed by atoms with Gasteiger partial charge in [-0.25, -0.2) is 4.39 Å². The summed E-state index contributed by atoms with van der Waals surface area (Å²) in [5.74, 6) is 0.485. The molecule has 1 fully saturated rings. The molecule has 2 aromatic carbocycles. The second kappa shape index (κ2) is 8.53. The van der Waals surface area contributed by atoms with Crippen LogP contribution in [0.1, 0.15) is 31.2 Å². The monoisotopic (exact) mass is 370 g/mol. The number of carbonyl (C=O) groups excluding carboxylic acids is 1. The number of anilines is 1. The van der Waals surface area contributed by atoms with Crippen LogP contribution in [0.2, 0.25) is 0 Å². The number of ether oxygens (including phenoxy) is 1. The van der Waals surface area contributed by atoms with Gasteiger partial charge in [0, 0.05) is 12.2 Å². The minimum absolute atomic E-state index is 0.0278. The quantitative estimate of drug-likeness (QED) is 0.708. The van der Waals surface area contributed by atoms with E-state index in [1.807, 2.05) is 38.4 Å². The minimum atomic E-state index is -0.547. The molecular weight excluding hydrogens is 343 g/mol. The zero-order chi connectivity index (χ0) is 19.3. The lowest BCUT2D eigenvalue weighted by molar-refractivity contribution is -0.124. The van der Waals surface area contributed by atoms with E-state index in [1.165, 1.54) is 12.1 Å². The van der Waals surface area contributed by atoms with Crippen molar-refractivity contribution in [3.05, 3.63) is 59.9 Å². The van der Waals surface area contributed by atoms with Gasteiger partial charge < -0.3 is 15.0 Å². The van der Waals surface area contributed by atoms with E-state index in [9.17, 15) is 9.18 Å². The van der Waals surface area contributed by atoms with Crippen LogP contribution >= 0.6 is 0 Å². The van der Waals surface area contributed by atoms with E-state index < -0.39 is 5.41 Å². The zero-order valence-corrected chi connectivity index (χ0v) is 16.0. The highest BCUT2D eigenvalue weighted by Gasteiger charge is 2.45. The molecule has 0 bridgehead atoms. The molecule has 4 nitrogen and oxygen atoms in total. The van der Waals surface area contributed by atoms with Crippen molar-refractivity contribution in [1.82, 2.24) is 4.90 Å². The number of rotatable bonds is 8. The number of hydrogen-bond donors (Lipinski definition) is 1. The summed E-state index contributed by atoms with van der Waals surface area (Å²) in [5.41, 5.74) is 1.08. The summed E-state index contributed by atoms with van der Waals surface area (Å²) >= 11 is 0. The van der Waals surface area contributed by atoms with Crippen molar-refractivity contribution in [2.45, 2.75) is 31.1 Å². The average molecular weight is 370 g/mol.